The number of aromatic nitrogens is 1. The number of rotatable bonds is 13. The fourth-order valence-electron chi connectivity index (χ4n) is 4.89. The molecule has 1 aromatic heterocycles. The summed E-state index contributed by atoms with van der Waals surface area (Å²) in [5.41, 5.74) is 7.77. The maximum absolute atomic E-state index is 6.18. The number of methoxy groups -OCH3 is 2. The zero-order chi connectivity index (χ0) is 30.2. The van der Waals surface area contributed by atoms with Gasteiger partial charge >= 0.3 is 0 Å². The second kappa shape index (κ2) is 14.3. The van der Waals surface area contributed by atoms with Crippen molar-refractivity contribution in [3.8, 4) is 33.6 Å². The Morgan fingerprint density at radius 3 is 2.14 bits per heavy atom. The molecule has 0 atom stereocenters. The maximum Gasteiger partial charge on any atom is 0.161 e. The smallest absolute Gasteiger partial charge is 0.161 e. The zero-order valence-corrected chi connectivity index (χ0v) is 26.4. The van der Waals surface area contributed by atoms with Gasteiger partial charge in [-0.2, -0.15) is 0 Å². The van der Waals surface area contributed by atoms with Gasteiger partial charge in [-0.1, -0.05) is 48.6 Å². The molecule has 0 N–H and O–H groups in total. The van der Waals surface area contributed by atoms with E-state index in [4.69, 9.17) is 23.9 Å². The van der Waals surface area contributed by atoms with Crippen LogP contribution in [0, 0.1) is 20.8 Å². The summed E-state index contributed by atoms with van der Waals surface area (Å²) in [6, 6.07) is 24.8. The van der Waals surface area contributed by atoms with Gasteiger partial charge in [-0.05, 0) is 104 Å². The van der Waals surface area contributed by atoms with Crippen molar-refractivity contribution in [2.75, 3.05) is 27.4 Å². The molecule has 0 bridgehead atoms. The SMILES string of the molecule is COc1ccc(/C=C\c2cc(C)c(C)c(OC)c2)cc1OCCCCCOc1cc(-c2nc3ccccc3s2)ccc1C. The van der Waals surface area contributed by atoms with Crippen LogP contribution in [0.1, 0.15) is 47.1 Å². The molecule has 0 saturated heterocycles. The first-order valence-corrected chi connectivity index (χ1v) is 15.5. The minimum atomic E-state index is 0.615. The number of benzene rings is 4. The summed E-state index contributed by atoms with van der Waals surface area (Å²) in [6.45, 7) is 7.54. The van der Waals surface area contributed by atoms with Gasteiger partial charge in [0.15, 0.2) is 11.5 Å². The first-order chi connectivity index (χ1) is 20.9. The van der Waals surface area contributed by atoms with Gasteiger partial charge in [0.1, 0.15) is 16.5 Å². The molecule has 5 nitrogen and oxygen atoms in total. The van der Waals surface area contributed by atoms with Gasteiger partial charge in [0.05, 0.1) is 37.6 Å². The lowest BCUT2D eigenvalue weighted by atomic mass is 10.0. The Hall–Kier alpha value is -4.29. The quantitative estimate of drug-likeness (QED) is 0.100. The summed E-state index contributed by atoms with van der Waals surface area (Å²) >= 11 is 1.71. The molecule has 5 rings (SSSR count). The lowest BCUT2D eigenvalue weighted by Crippen LogP contribution is -2.02. The number of fused-ring (bicyclic) bond motifs is 1. The molecule has 0 amide bonds. The molecule has 43 heavy (non-hydrogen) atoms. The Balaban J connectivity index is 1.11. The molecule has 222 valence electrons. The van der Waals surface area contributed by atoms with Crippen LogP contribution in [0.5, 0.6) is 23.0 Å². The van der Waals surface area contributed by atoms with E-state index in [-0.39, 0.29) is 0 Å². The average molecular weight is 594 g/mol. The van der Waals surface area contributed by atoms with Crippen LogP contribution >= 0.6 is 11.3 Å². The number of unbranched alkanes of at least 4 members (excludes halogenated alkanes) is 2. The molecule has 0 fully saturated rings. The van der Waals surface area contributed by atoms with Crippen LogP contribution in [0.3, 0.4) is 0 Å². The highest BCUT2D eigenvalue weighted by molar-refractivity contribution is 7.21. The molecule has 0 aliphatic heterocycles. The van der Waals surface area contributed by atoms with Gasteiger partial charge in [0, 0.05) is 5.56 Å². The van der Waals surface area contributed by atoms with Gasteiger partial charge in [-0.15, -0.1) is 11.3 Å². The van der Waals surface area contributed by atoms with E-state index in [2.05, 4.69) is 81.5 Å². The van der Waals surface area contributed by atoms with E-state index in [1.165, 1.54) is 10.3 Å². The third-order valence-electron chi connectivity index (χ3n) is 7.55. The van der Waals surface area contributed by atoms with Crippen molar-refractivity contribution in [2.45, 2.75) is 40.0 Å². The van der Waals surface area contributed by atoms with Crippen LogP contribution in [-0.4, -0.2) is 32.4 Å². The minimum Gasteiger partial charge on any atom is -0.496 e. The Morgan fingerprint density at radius 1 is 0.651 bits per heavy atom. The summed E-state index contributed by atoms with van der Waals surface area (Å²) in [5, 5.41) is 1.02. The summed E-state index contributed by atoms with van der Waals surface area (Å²) in [7, 11) is 3.38. The van der Waals surface area contributed by atoms with Gasteiger partial charge in [-0.3, -0.25) is 0 Å². The number of aryl methyl sites for hydroxylation is 2. The van der Waals surface area contributed by atoms with E-state index in [0.717, 1.165) is 80.6 Å². The van der Waals surface area contributed by atoms with Crippen LogP contribution < -0.4 is 18.9 Å². The summed E-state index contributed by atoms with van der Waals surface area (Å²) in [5.74, 6) is 3.30. The first-order valence-electron chi connectivity index (χ1n) is 14.7. The number of nitrogens with zero attached hydrogens (tertiary/aromatic N) is 1. The molecule has 0 aliphatic carbocycles. The molecular formula is C37H39NO4S. The number of hydrogen-bond donors (Lipinski definition) is 0. The van der Waals surface area contributed by atoms with Crippen molar-refractivity contribution in [2.24, 2.45) is 0 Å². The maximum atomic E-state index is 6.18. The second-order valence-electron chi connectivity index (χ2n) is 10.6. The van der Waals surface area contributed by atoms with Crippen molar-refractivity contribution in [1.29, 1.82) is 0 Å². The monoisotopic (exact) mass is 593 g/mol. The second-order valence-corrected chi connectivity index (χ2v) is 11.7. The minimum absolute atomic E-state index is 0.615. The van der Waals surface area contributed by atoms with E-state index in [1.54, 1.807) is 25.6 Å². The van der Waals surface area contributed by atoms with Crippen molar-refractivity contribution >= 4 is 33.7 Å². The Bertz CT molecular complexity index is 1690. The van der Waals surface area contributed by atoms with Crippen LogP contribution in [0.25, 0.3) is 32.9 Å². The first kappa shape index (κ1) is 30.2. The normalized spacial score (nSPS) is 11.3. The highest BCUT2D eigenvalue weighted by atomic mass is 32.1. The van der Waals surface area contributed by atoms with Crippen molar-refractivity contribution < 1.29 is 18.9 Å². The lowest BCUT2D eigenvalue weighted by Gasteiger charge is -2.12. The molecule has 6 heteroatoms. The van der Waals surface area contributed by atoms with Crippen LogP contribution in [0.15, 0.2) is 72.8 Å². The van der Waals surface area contributed by atoms with Crippen LogP contribution in [-0.2, 0) is 0 Å². The van der Waals surface area contributed by atoms with E-state index >= 15 is 0 Å². The molecule has 0 radical (unpaired) electrons. The molecule has 0 saturated carbocycles. The molecule has 1 heterocycles. The van der Waals surface area contributed by atoms with E-state index in [1.807, 2.05) is 24.3 Å². The number of hydrogen-bond acceptors (Lipinski definition) is 6. The Labute approximate surface area is 258 Å². The summed E-state index contributed by atoms with van der Waals surface area (Å²) in [4.78, 5) is 4.79. The standard InChI is InChI=1S/C37H39NO4S/c1-25-13-17-30(37-38-31-11-7-8-12-36(31)43-37)24-33(25)41-19-9-6-10-20-42-35-22-28(16-18-32(35)39-4)14-15-29-21-26(2)27(3)34(23-29)40-5/h7-8,11-18,21-24H,6,9-10,19-20H2,1-5H3/b15-14-. The highest BCUT2D eigenvalue weighted by Crippen LogP contribution is 2.33. The third kappa shape index (κ3) is 7.57. The molecular weight excluding hydrogens is 554 g/mol. The number of thiazole rings is 1. The fraction of sp³-hybridized carbons (Fsp3) is 0.270. The van der Waals surface area contributed by atoms with Crippen LogP contribution in [0.4, 0.5) is 0 Å². The Kier molecular flexibility index (Phi) is 10.0. The van der Waals surface area contributed by atoms with Gasteiger partial charge in [-0.25, -0.2) is 4.98 Å². The summed E-state index contributed by atoms with van der Waals surface area (Å²) in [6.07, 6.45) is 7.07. The average Bonchev–Trinajstić information content (AvgIpc) is 3.46. The predicted molar refractivity (Wildman–Crippen MR) is 179 cm³/mol. The van der Waals surface area contributed by atoms with Gasteiger partial charge < -0.3 is 18.9 Å². The van der Waals surface area contributed by atoms with Crippen LogP contribution in [0.2, 0.25) is 0 Å². The molecule has 5 aromatic rings. The number of ether oxygens (including phenoxy) is 4. The van der Waals surface area contributed by atoms with E-state index < -0.39 is 0 Å². The zero-order valence-electron chi connectivity index (χ0n) is 25.6. The molecule has 0 spiro atoms. The topological polar surface area (TPSA) is 49.8 Å². The lowest BCUT2D eigenvalue weighted by molar-refractivity contribution is 0.269. The Morgan fingerprint density at radius 2 is 1.37 bits per heavy atom. The molecule has 4 aromatic carbocycles. The largest absolute Gasteiger partial charge is 0.496 e. The van der Waals surface area contributed by atoms with Gasteiger partial charge in [0.25, 0.3) is 0 Å². The van der Waals surface area contributed by atoms with E-state index in [9.17, 15) is 0 Å². The predicted octanol–water partition coefficient (Wildman–Crippen LogP) is 9.70. The van der Waals surface area contributed by atoms with Gasteiger partial charge in [0.2, 0.25) is 0 Å². The molecule has 0 aliphatic rings. The highest BCUT2D eigenvalue weighted by Gasteiger charge is 2.10. The molecule has 0 unspecified atom stereocenters. The van der Waals surface area contributed by atoms with Crippen molar-refractivity contribution in [3.05, 3.63) is 101 Å². The third-order valence-corrected chi connectivity index (χ3v) is 8.64. The summed E-state index contributed by atoms with van der Waals surface area (Å²) < 4.78 is 24.6. The van der Waals surface area contributed by atoms with Crippen molar-refractivity contribution in [1.82, 2.24) is 4.98 Å². The fourth-order valence-corrected chi connectivity index (χ4v) is 5.86. The number of para-hydroxylation sites is 1. The van der Waals surface area contributed by atoms with Crippen molar-refractivity contribution in [3.63, 3.8) is 0 Å². The van der Waals surface area contributed by atoms with E-state index in [0.29, 0.717) is 13.2 Å².